The lowest BCUT2D eigenvalue weighted by atomic mass is 10.3. The van der Waals surface area contributed by atoms with Crippen LogP contribution in [0.5, 0.6) is 0 Å². The third-order valence-electron chi connectivity index (χ3n) is 3.57. The van der Waals surface area contributed by atoms with E-state index in [1.54, 1.807) is 0 Å². The van der Waals surface area contributed by atoms with Crippen LogP contribution in [0.1, 0.15) is 66.2 Å². The lowest BCUT2D eigenvalue weighted by Crippen LogP contribution is -2.38. The molecule has 0 aliphatic rings. The normalized spacial score (nSPS) is 14.2. The molecule has 0 aromatic carbocycles. The fourth-order valence-corrected chi connectivity index (χ4v) is 6.28. The van der Waals surface area contributed by atoms with Gasteiger partial charge in [-0.1, -0.05) is 66.2 Å². The minimum absolute atomic E-state index is 0.598. The Balaban J connectivity index is 4.23. The maximum Gasteiger partial charge on any atom is 0.191 e. The molecule has 0 saturated heterocycles. The zero-order valence-electron chi connectivity index (χ0n) is 11.2. The Morgan fingerprint density at radius 2 is 1.40 bits per heavy atom. The molecule has 15 heavy (non-hydrogen) atoms. The number of unbranched alkanes of at least 4 members (excludes halogenated alkanes) is 2. The van der Waals surface area contributed by atoms with Crippen molar-refractivity contribution in [1.82, 2.24) is 0 Å². The van der Waals surface area contributed by atoms with Gasteiger partial charge in [0.15, 0.2) is 8.32 Å². The Morgan fingerprint density at radius 3 is 1.73 bits per heavy atom. The summed E-state index contributed by atoms with van der Waals surface area (Å²) in [5, 5.41) is 0. The van der Waals surface area contributed by atoms with Gasteiger partial charge in [0.25, 0.3) is 0 Å². The Bertz CT molecular complexity index is 139. The number of rotatable bonds is 9. The van der Waals surface area contributed by atoms with E-state index in [0.717, 1.165) is 12.1 Å². The van der Waals surface area contributed by atoms with Gasteiger partial charge < -0.3 is 4.80 Å². The minimum Gasteiger partial charge on any atom is -0.431 e. The molecule has 0 aliphatic carbocycles. The molecule has 0 amide bonds. The van der Waals surface area contributed by atoms with Crippen molar-refractivity contribution >= 4 is 8.32 Å². The largest absolute Gasteiger partial charge is 0.431 e. The van der Waals surface area contributed by atoms with Crippen LogP contribution in [0.2, 0.25) is 17.6 Å². The fourth-order valence-electron chi connectivity index (χ4n) is 2.29. The van der Waals surface area contributed by atoms with Crippen LogP contribution in [0.15, 0.2) is 0 Å². The summed E-state index contributed by atoms with van der Waals surface area (Å²) in [6, 6.07) is 2.26. The molecular formula is C13H30OSi. The van der Waals surface area contributed by atoms with E-state index in [-0.39, 0.29) is 0 Å². The van der Waals surface area contributed by atoms with Gasteiger partial charge in [-0.15, -0.1) is 0 Å². The van der Waals surface area contributed by atoms with Crippen molar-refractivity contribution in [1.29, 1.82) is 0 Å². The van der Waals surface area contributed by atoms with E-state index in [0.29, 0.717) is 5.54 Å². The molecular weight excluding hydrogens is 200 g/mol. The van der Waals surface area contributed by atoms with Crippen LogP contribution in [0.4, 0.5) is 0 Å². The SMILES string of the molecule is CCCC[Si](O)(CCCC)C(C)CCC. The summed E-state index contributed by atoms with van der Waals surface area (Å²) >= 11 is 0. The molecule has 1 N–H and O–H groups in total. The molecule has 0 spiro atoms. The van der Waals surface area contributed by atoms with Crippen LogP contribution >= 0.6 is 0 Å². The minimum atomic E-state index is -1.92. The van der Waals surface area contributed by atoms with Gasteiger partial charge in [-0.3, -0.25) is 0 Å². The van der Waals surface area contributed by atoms with Gasteiger partial charge in [-0.2, -0.15) is 0 Å². The Kier molecular flexibility index (Phi) is 8.44. The second kappa shape index (κ2) is 8.34. The Hall–Kier alpha value is 0.177. The Labute approximate surface area is 97.4 Å². The summed E-state index contributed by atoms with van der Waals surface area (Å²) in [5.74, 6) is 0. The van der Waals surface area contributed by atoms with Crippen molar-refractivity contribution in [2.24, 2.45) is 0 Å². The summed E-state index contributed by atoms with van der Waals surface area (Å²) in [6.45, 7) is 8.95. The van der Waals surface area contributed by atoms with E-state index in [9.17, 15) is 4.80 Å². The lowest BCUT2D eigenvalue weighted by molar-refractivity contribution is 0.481. The van der Waals surface area contributed by atoms with Crippen molar-refractivity contribution in [3.05, 3.63) is 0 Å². The second-order valence-corrected chi connectivity index (χ2v) is 9.19. The van der Waals surface area contributed by atoms with Crippen LogP contribution in [0.3, 0.4) is 0 Å². The highest BCUT2D eigenvalue weighted by Crippen LogP contribution is 2.33. The van der Waals surface area contributed by atoms with Gasteiger partial charge >= 0.3 is 0 Å². The highest BCUT2D eigenvalue weighted by atomic mass is 28.4. The van der Waals surface area contributed by atoms with Crippen LogP contribution < -0.4 is 0 Å². The highest BCUT2D eigenvalue weighted by Gasteiger charge is 2.35. The van der Waals surface area contributed by atoms with Crippen LogP contribution in [0, 0.1) is 0 Å². The maximum atomic E-state index is 10.8. The molecule has 1 nitrogen and oxygen atoms in total. The van der Waals surface area contributed by atoms with Crippen molar-refractivity contribution in [2.45, 2.75) is 83.8 Å². The molecule has 0 aliphatic heterocycles. The van der Waals surface area contributed by atoms with Gasteiger partial charge in [0, 0.05) is 0 Å². The number of hydrogen-bond donors (Lipinski definition) is 1. The quantitative estimate of drug-likeness (QED) is 0.569. The first-order valence-corrected chi connectivity index (χ1v) is 9.27. The molecule has 1 atom stereocenters. The molecule has 0 fully saturated rings. The molecule has 0 saturated carbocycles. The average Bonchev–Trinajstić information content (AvgIpc) is 2.24. The van der Waals surface area contributed by atoms with E-state index in [1.807, 2.05) is 0 Å². The van der Waals surface area contributed by atoms with Gasteiger partial charge in [-0.05, 0) is 17.6 Å². The third kappa shape index (κ3) is 5.72. The second-order valence-electron chi connectivity index (χ2n) is 5.00. The van der Waals surface area contributed by atoms with E-state index >= 15 is 0 Å². The Morgan fingerprint density at radius 1 is 0.933 bits per heavy atom. The van der Waals surface area contributed by atoms with E-state index in [4.69, 9.17) is 0 Å². The predicted octanol–water partition coefficient (Wildman–Crippen LogP) is 4.71. The first-order chi connectivity index (χ1) is 7.10. The summed E-state index contributed by atoms with van der Waals surface area (Å²) in [6.07, 6.45) is 7.33. The summed E-state index contributed by atoms with van der Waals surface area (Å²) in [5.41, 5.74) is 0.598. The predicted molar refractivity (Wildman–Crippen MR) is 71.7 cm³/mol. The van der Waals surface area contributed by atoms with Crippen LogP contribution in [-0.2, 0) is 0 Å². The highest BCUT2D eigenvalue weighted by molar-refractivity contribution is 6.73. The number of hydrogen-bond acceptors (Lipinski definition) is 1. The van der Waals surface area contributed by atoms with Gasteiger partial charge in [0.2, 0.25) is 0 Å². The third-order valence-corrected chi connectivity index (χ3v) is 8.13. The van der Waals surface area contributed by atoms with Crippen molar-refractivity contribution < 1.29 is 4.80 Å². The maximum absolute atomic E-state index is 10.8. The summed E-state index contributed by atoms with van der Waals surface area (Å²) in [4.78, 5) is 10.8. The molecule has 1 unspecified atom stereocenters. The van der Waals surface area contributed by atoms with Crippen molar-refractivity contribution in [2.75, 3.05) is 0 Å². The molecule has 92 valence electrons. The topological polar surface area (TPSA) is 20.2 Å². The first kappa shape index (κ1) is 15.2. The summed E-state index contributed by atoms with van der Waals surface area (Å²) < 4.78 is 0. The van der Waals surface area contributed by atoms with Gasteiger partial charge in [-0.25, -0.2) is 0 Å². The van der Waals surface area contributed by atoms with Crippen molar-refractivity contribution in [3.8, 4) is 0 Å². The monoisotopic (exact) mass is 230 g/mol. The molecule has 0 aromatic rings. The van der Waals surface area contributed by atoms with E-state index in [1.165, 1.54) is 38.5 Å². The van der Waals surface area contributed by atoms with Gasteiger partial charge in [0.1, 0.15) is 0 Å². The first-order valence-electron chi connectivity index (χ1n) is 6.83. The van der Waals surface area contributed by atoms with Gasteiger partial charge in [0.05, 0.1) is 0 Å². The van der Waals surface area contributed by atoms with Crippen molar-refractivity contribution in [3.63, 3.8) is 0 Å². The molecule has 0 bridgehead atoms. The zero-order valence-corrected chi connectivity index (χ0v) is 12.2. The zero-order chi connectivity index (χ0) is 11.7. The molecule has 0 aromatic heterocycles. The fraction of sp³-hybridized carbons (Fsp3) is 1.00. The standard InChI is InChI=1S/C13H30OSi/c1-5-8-11-15(14,12-9-6-2)13(4)10-7-3/h13-14H,5-12H2,1-4H3. The smallest absolute Gasteiger partial charge is 0.191 e. The molecule has 0 rings (SSSR count). The molecule has 0 heterocycles. The summed E-state index contributed by atoms with van der Waals surface area (Å²) in [7, 11) is -1.92. The molecule has 0 radical (unpaired) electrons. The average molecular weight is 230 g/mol. The van der Waals surface area contributed by atoms with E-state index < -0.39 is 8.32 Å². The molecule has 2 heteroatoms. The van der Waals surface area contributed by atoms with E-state index in [2.05, 4.69) is 27.7 Å². The lowest BCUT2D eigenvalue weighted by Gasteiger charge is -2.31. The van der Waals surface area contributed by atoms with Crippen LogP contribution in [-0.4, -0.2) is 13.1 Å². The van der Waals surface area contributed by atoms with Crippen LogP contribution in [0.25, 0.3) is 0 Å².